The van der Waals surface area contributed by atoms with Crippen LogP contribution < -0.4 is 11.2 Å². The maximum absolute atomic E-state index is 12.3. The zero-order chi connectivity index (χ0) is 21.0. The van der Waals surface area contributed by atoms with Gasteiger partial charge in [-0.3, -0.25) is 14.8 Å². The highest BCUT2D eigenvalue weighted by Gasteiger charge is 2.18. The summed E-state index contributed by atoms with van der Waals surface area (Å²) >= 11 is 0. The minimum Gasteiger partial charge on any atom is -0.493 e. The minimum atomic E-state index is -0.756. The predicted molar refractivity (Wildman–Crippen MR) is 109 cm³/mol. The average Bonchev–Trinajstić information content (AvgIpc) is 2.69. The van der Waals surface area contributed by atoms with E-state index in [9.17, 15) is 19.5 Å². The molecular formula is C21H19N3O5. The summed E-state index contributed by atoms with van der Waals surface area (Å²) in [4.78, 5) is 42.8. The number of aromatic hydroxyl groups is 1. The molecule has 8 nitrogen and oxygen atoms in total. The number of nitrogens with zero attached hydrogens (tertiary/aromatic N) is 2. The molecule has 0 spiro atoms. The summed E-state index contributed by atoms with van der Waals surface area (Å²) in [6, 6.07) is 14.7. The van der Waals surface area contributed by atoms with Crippen molar-refractivity contribution in [1.82, 2.24) is 9.55 Å². The van der Waals surface area contributed by atoms with Gasteiger partial charge in [0.05, 0.1) is 29.3 Å². The van der Waals surface area contributed by atoms with Crippen LogP contribution in [0.15, 0.2) is 69.2 Å². The van der Waals surface area contributed by atoms with E-state index in [1.54, 1.807) is 68.4 Å². The molecule has 0 unspecified atom stereocenters. The molecule has 2 N–H and O–H groups in total. The second-order valence-electron chi connectivity index (χ2n) is 6.09. The molecule has 3 aromatic rings. The highest BCUT2D eigenvalue weighted by atomic mass is 16.5. The van der Waals surface area contributed by atoms with Gasteiger partial charge in [-0.1, -0.05) is 18.2 Å². The third-order valence-corrected chi connectivity index (χ3v) is 4.14. The molecule has 148 valence electrons. The van der Waals surface area contributed by atoms with E-state index in [1.165, 1.54) is 0 Å². The molecule has 29 heavy (non-hydrogen) atoms. The van der Waals surface area contributed by atoms with E-state index in [1.807, 2.05) is 0 Å². The first kappa shape index (κ1) is 19.8. The second-order valence-corrected chi connectivity index (χ2v) is 6.09. The van der Waals surface area contributed by atoms with Crippen molar-refractivity contribution in [2.45, 2.75) is 13.8 Å². The lowest BCUT2D eigenvalue weighted by molar-refractivity contribution is 0.0526. The van der Waals surface area contributed by atoms with Crippen LogP contribution >= 0.6 is 0 Å². The zero-order valence-corrected chi connectivity index (χ0v) is 15.9. The van der Waals surface area contributed by atoms with E-state index >= 15 is 0 Å². The van der Waals surface area contributed by atoms with Crippen molar-refractivity contribution in [2.75, 3.05) is 6.61 Å². The number of aromatic nitrogens is 2. The summed E-state index contributed by atoms with van der Waals surface area (Å²) in [5, 5.41) is 10.6. The van der Waals surface area contributed by atoms with Crippen LogP contribution in [0, 0.1) is 0 Å². The van der Waals surface area contributed by atoms with Gasteiger partial charge in [-0.05, 0) is 50.2 Å². The van der Waals surface area contributed by atoms with Gasteiger partial charge < -0.3 is 9.84 Å². The number of carbonyl (C=O) groups is 1. The molecule has 1 aromatic heterocycles. The number of aliphatic imine (C=N–C) groups is 1. The number of para-hydroxylation sites is 1. The van der Waals surface area contributed by atoms with E-state index in [2.05, 4.69) is 9.98 Å². The number of hydrogen-bond acceptors (Lipinski definition) is 6. The number of hydrogen-bond donors (Lipinski definition) is 2. The number of rotatable bonds is 5. The summed E-state index contributed by atoms with van der Waals surface area (Å²) in [6.07, 6.45) is 0. The van der Waals surface area contributed by atoms with Crippen LogP contribution in [0.5, 0.6) is 5.88 Å². The molecule has 0 fully saturated rings. The van der Waals surface area contributed by atoms with E-state index < -0.39 is 23.1 Å². The zero-order valence-electron chi connectivity index (χ0n) is 15.9. The van der Waals surface area contributed by atoms with Crippen LogP contribution in [0.3, 0.4) is 0 Å². The van der Waals surface area contributed by atoms with Gasteiger partial charge in [0.15, 0.2) is 0 Å². The Morgan fingerprint density at radius 3 is 2.38 bits per heavy atom. The Hall–Kier alpha value is -3.94. The molecule has 0 saturated carbocycles. The third kappa shape index (κ3) is 4.16. The Balaban J connectivity index is 2.03. The lowest BCUT2D eigenvalue weighted by Gasteiger charge is -2.11. The molecule has 2 aromatic carbocycles. The number of ether oxygens (including phenoxy) is 1. The SMILES string of the molecule is CCOC(=O)c1ccc(N=C(C)c2c(O)n(-c3ccccc3)c(=O)[nH]c2=O)cc1. The first-order valence-corrected chi connectivity index (χ1v) is 8.89. The number of benzene rings is 2. The van der Waals surface area contributed by atoms with E-state index in [0.717, 1.165) is 4.57 Å². The highest BCUT2D eigenvalue weighted by Crippen LogP contribution is 2.20. The maximum atomic E-state index is 12.3. The molecular weight excluding hydrogens is 374 g/mol. The topological polar surface area (TPSA) is 114 Å². The van der Waals surface area contributed by atoms with Gasteiger partial charge in [-0.15, -0.1) is 0 Å². The van der Waals surface area contributed by atoms with Gasteiger partial charge in [-0.2, -0.15) is 0 Å². The van der Waals surface area contributed by atoms with Crippen molar-refractivity contribution in [3.63, 3.8) is 0 Å². The standard InChI is InChI=1S/C21H19N3O5/c1-3-29-20(27)14-9-11-15(12-10-14)22-13(2)17-18(25)23-21(28)24(19(17)26)16-7-5-4-6-8-16/h4-12,26H,3H2,1-2H3,(H,23,25,28). The monoisotopic (exact) mass is 393 g/mol. The predicted octanol–water partition coefficient (Wildman–Crippen LogP) is 2.55. The van der Waals surface area contributed by atoms with Crippen molar-refractivity contribution in [1.29, 1.82) is 0 Å². The van der Waals surface area contributed by atoms with Gasteiger partial charge in [0.25, 0.3) is 5.56 Å². The Morgan fingerprint density at radius 2 is 1.76 bits per heavy atom. The average molecular weight is 393 g/mol. The van der Waals surface area contributed by atoms with Gasteiger partial charge in [-0.25, -0.2) is 14.2 Å². The smallest absolute Gasteiger partial charge is 0.338 e. The normalized spacial score (nSPS) is 11.3. The Morgan fingerprint density at radius 1 is 1.10 bits per heavy atom. The van der Waals surface area contributed by atoms with Crippen LogP contribution in [-0.4, -0.2) is 32.9 Å². The van der Waals surface area contributed by atoms with Gasteiger partial charge in [0.1, 0.15) is 5.56 Å². The van der Waals surface area contributed by atoms with Gasteiger partial charge >= 0.3 is 11.7 Å². The van der Waals surface area contributed by atoms with Crippen LogP contribution in [-0.2, 0) is 4.74 Å². The first-order valence-electron chi connectivity index (χ1n) is 8.89. The van der Waals surface area contributed by atoms with Crippen molar-refractivity contribution < 1.29 is 14.6 Å². The Labute approximate surface area is 165 Å². The molecule has 0 aliphatic carbocycles. The van der Waals surface area contributed by atoms with Gasteiger partial charge in [0, 0.05) is 0 Å². The minimum absolute atomic E-state index is 0.122. The fourth-order valence-corrected chi connectivity index (χ4v) is 2.80. The summed E-state index contributed by atoms with van der Waals surface area (Å²) in [6.45, 7) is 3.54. The molecule has 1 heterocycles. The number of carbonyl (C=O) groups excluding carboxylic acids is 1. The quantitative estimate of drug-likeness (QED) is 0.511. The highest BCUT2D eigenvalue weighted by molar-refractivity contribution is 6.02. The van der Waals surface area contributed by atoms with Crippen molar-refractivity contribution >= 4 is 17.4 Å². The van der Waals surface area contributed by atoms with Crippen molar-refractivity contribution in [3.8, 4) is 11.6 Å². The van der Waals surface area contributed by atoms with Crippen molar-refractivity contribution in [3.05, 3.63) is 86.6 Å². The molecule has 8 heteroatoms. The first-order chi connectivity index (χ1) is 13.9. The van der Waals surface area contributed by atoms with Gasteiger partial charge in [0.2, 0.25) is 5.88 Å². The van der Waals surface area contributed by atoms with Crippen LogP contribution in [0.25, 0.3) is 5.69 Å². The Bertz CT molecular complexity index is 1180. The third-order valence-electron chi connectivity index (χ3n) is 4.14. The summed E-state index contributed by atoms with van der Waals surface area (Å²) in [5.74, 6) is -0.946. The van der Waals surface area contributed by atoms with Crippen LogP contribution in [0.1, 0.15) is 29.8 Å². The number of aromatic amines is 1. The molecule has 0 radical (unpaired) electrons. The van der Waals surface area contributed by atoms with Crippen molar-refractivity contribution in [2.24, 2.45) is 4.99 Å². The number of esters is 1. The lowest BCUT2D eigenvalue weighted by atomic mass is 10.2. The van der Waals surface area contributed by atoms with E-state index in [4.69, 9.17) is 4.74 Å². The molecule has 0 aliphatic rings. The molecule has 0 saturated heterocycles. The summed E-state index contributed by atoms with van der Waals surface area (Å²) in [5.41, 5.74) is -0.175. The van der Waals surface area contributed by atoms with Crippen LogP contribution in [0.2, 0.25) is 0 Å². The number of nitrogens with one attached hydrogen (secondary N) is 1. The van der Waals surface area contributed by atoms with Crippen LogP contribution in [0.4, 0.5) is 5.69 Å². The maximum Gasteiger partial charge on any atom is 0.338 e. The van der Waals surface area contributed by atoms with E-state index in [-0.39, 0.29) is 17.9 Å². The molecule has 0 atom stereocenters. The molecule has 0 aliphatic heterocycles. The Kier molecular flexibility index (Phi) is 5.73. The second kappa shape index (κ2) is 8.39. The summed E-state index contributed by atoms with van der Waals surface area (Å²) in [7, 11) is 0. The molecule has 3 rings (SSSR count). The molecule has 0 bridgehead atoms. The lowest BCUT2D eigenvalue weighted by Crippen LogP contribution is -2.32. The molecule has 0 amide bonds. The van der Waals surface area contributed by atoms with E-state index in [0.29, 0.717) is 16.9 Å². The number of H-pyrrole nitrogens is 1. The fraction of sp³-hybridized carbons (Fsp3) is 0.143. The summed E-state index contributed by atoms with van der Waals surface area (Å²) < 4.78 is 5.93. The largest absolute Gasteiger partial charge is 0.493 e. The fourth-order valence-electron chi connectivity index (χ4n) is 2.80.